The predicted octanol–water partition coefficient (Wildman–Crippen LogP) is 3.62. The Morgan fingerprint density at radius 3 is 2.65 bits per heavy atom. The number of benzene rings is 1. The van der Waals surface area contributed by atoms with E-state index in [1.807, 2.05) is 4.90 Å². The number of piperazine rings is 1. The Bertz CT molecular complexity index is 981. The molecule has 34 heavy (non-hydrogen) atoms. The zero-order valence-corrected chi connectivity index (χ0v) is 19.6. The molecule has 9 heteroatoms. The van der Waals surface area contributed by atoms with Crippen LogP contribution in [0.3, 0.4) is 0 Å². The first-order valence-corrected chi connectivity index (χ1v) is 11.7. The van der Waals surface area contributed by atoms with Crippen LogP contribution in [-0.4, -0.2) is 72.0 Å². The fourth-order valence-electron chi connectivity index (χ4n) is 4.96. The summed E-state index contributed by atoms with van der Waals surface area (Å²) in [6.07, 6.45) is 1.32. The molecule has 6 nitrogen and oxygen atoms in total. The summed E-state index contributed by atoms with van der Waals surface area (Å²) in [4.78, 5) is 17.5. The van der Waals surface area contributed by atoms with E-state index in [4.69, 9.17) is 0 Å². The predicted molar refractivity (Wildman–Crippen MR) is 122 cm³/mol. The van der Waals surface area contributed by atoms with Gasteiger partial charge in [-0.2, -0.15) is 0 Å². The van der Waals surface area contributed by atoms with Crippen LogP contribution in [0.4, 0.5) is 13.2 Å². The van der Waals surface area contributed by atoms with E-state index < -0.39 is 17.9 Å². The number of hydrogen-bond donors (Lipinski definition) is 2. The summed E-state index contributed by atoms with van der Waals surface area (Å²) in [5, 5.41) is 13.0. The molecule has 3 aliphatic rings. The smallest absolute Gasteiger partial charge is 0.504 e. The number of hydrogen-bond acceptors (Lipinski definition) is 5. The number of rotatable bonds is 6. The summed E-state index contributed by atoms with van der Waals surface area (Å²) < 4.78 is 41.8. The molecule has 0 saturated carbocycles. The molecular weight excluding hydrogens is 447 g/mol. The SMILES string of the molecule is CC(C)(CCc1ccc(O)c(OC(F)(F)F)c1)N1CC2=C(C1)C(C(=O)N1CCNCC1)CC=C2. The summed E-state index contributed by atoms with van der Waals surface area (Å²) in [5.74, 6) is -1.03. The van der Waals surface area contributed by atoms with Gasteiger partial charge in [-0.1, -0.05) is 18.2 Å². The maximum Gasteiger partial charge on any atom is 0.573 e. The molecular formula is C25H32F3N3O3. The fraction of sp³-hybridized carbons (Fsp3) is 0.560. The molecule has 2 aliphatic heterocycles. The third-order valence-electron chi connectivity index (χ3n) is 7.10. The van der Waals surface area contributed by atoms with Crippen molar-refractivity contribution < 1.29 is 27.8 Å². The van der Waals surface area contributed by atoms with Gasteiger partial charge in [0.2, 0.25) is 5.91 Å². The van der Waals surface area contributed by atoms with Gasteiger partial charge in [-0.05, 0) is 62.0 Å². The molecule has 0 radical (unpaired) electrons. The number of nitrogens with zero attached hydrogens (tertiary/aromatic N) is 2. The molecule has 1 aromatic rings. The molecule has 2 N–H and O–H groups in total. The minimum Gasteiger partial charge on any atom is -0.504 e. The van der Waals surface area contributed by atoms with Gasteiger partial charge in [-0.15, -0.1) is 13.2 Å². The Balaban J connectivity index is 1.40. The zero-order valence-electron chi connectivity index (χ0n) is 19.6. The number of allylic oxidation sites excluding steroid dienone is 1. The van der Waals surface area contributed by atoms with Crippen molar-refractivity contribution in [2.45, 2.75) is 45.0 Å². The van der Waals surface area contributed by atoms with Gasteiger partial charge in [0, 0.05) is 44.8 Å². The van der Waals surface area contributed by atoms with Crippen LogP contribution < -0.4 is 10.1 Å². The highest BCUT2D eigenvalue weighted by atomic mass is 19.4. The van der Waals surface area contributed by atoms with Crippen LogP contribution in [0.2, 0.25) is 0 Å². The number of halogens is 3. The molecule has 1 atom stereocenters. The summed E-state index contributed by atoms with van der Waals surface area (Å²) in [7, 11) is 0. The highest BCUT2D eigenvalue weighted by Crippen LogP contribution is 2.38. The van der Waals surface area contributed by atoms with E-state index in [-0.39, 0.29) is 17.4 Å². The van der Waals surface area contributed by atoms with Gasteiger partial charge in [0.15, 0.2) is 11.5 Å². The van der Waals surface area contributed by atoms with Crippen molar-refractivity contribution in [3.63, 3.8) is 0 Å². The number of carbonyl (C=O) groups is 1. The number of aromatic hydroxyl groups is 1. The molecule has 1 aromatic carbocycles. The highest BCUT2D eigenvalue weighted by molar-refractivity contribution is 5.83. The number of nitrogens with one attached hydrogen (secondary N) is 1. The van der Waals surface area contributed by atoms with E-state index in [1.54, 1.807) is 6.07 Å². The minimum atomic E-state index is -4.86. The average Bonchev–Trinajstić information content (AvgIpc) is 3.24. The first-order chi connectivity index (χ1) is 16.0. The van der Waals surface area contributed by atoms with E-state index in [2.05, 4.69) is 41.0 Å². The molecule has 0 spiro atoms. The second-order valence-electron chi connectivity index (χ2n) is 9.83. The van der Waals surface area contributed by atoms with Gasteiger partial charge in [-0.25, -0.2) is 0 Å². The van der Waals surface area contributed by atoms with E-state index in [1.165, 1.54) is 23.3 Å². The minimum absolute atomic E-state index is 0.113. The largest absolute Gasteiger partial charge is 0.573 e. The number of phenolic OH excluding ortho intramolecular Hbond substituents is 1. The summed E-state index contributed by atoms with van der Waals surface area (Å²) in [6, 6.07) is 4.10. The normalized spacial score (nSPS) is 21.7. The van der Waals surface area contributed by atoms with Gasteiger partial charge in [0.25, 0.3) is 0 Å². The molecule has 0 bridgehead atoms. The van der Waals surface area contributed by atoms with E-state index >= 15 is 0 Å². The number of carbonyl (C=O) groups excluding carboxylic acids is 1. The third-order valence-corrected chi connectivity index (χ3v) is 7.10. The quantitative estimate of drug-likeness (QED) is 0.653. The maximum atomic E-state index is 13.2. The van der Waals surface area contributed by atoms with Crippen molar-refractivity contribution in [1.82, 2.24) is 15.1 Å². The molecule has 1 saturated heterocycles. The lowest BCUT2D eigenvalue weighted by Crippen LogP contribution is -2.49. The Morgan fingerprint density at radius 2 is 1.94 bits per heavy atom. The van der Waals surface area contributed by atoms with Crippen LogP contribution in [0.25, 0.3) is 0 Å². The van der Waals surface area contributed by atoms with Gasteiger partial charge in [0.1, 0.15) is 0 Å². The Kier molecular flexibility index (Phi) is 6.96. The van der Waals surface area contributed by atoms with Crippen LogP contribution in [0.5, 0.6) is 11.5 Å². The molecule has 4 rings (SSSR count). The van der Waals surface area contributed by atoms with Crippen molar-refractivity contribution in [3.05, 3.63) is 47.1 Å². The van der Waals surface area contributed by atoms with Crippen LogP contribution in [0.15, 0.2) is 41.5 Å². The summed E-state index contributed by atoms with van der Waals surface area (Å²) >= 11 is 0. The second-order valence-corrected chi connectivity index (χ2v) is 9.83. The molecule has 0 aromatic heterocycles. The Hall–Kier alpha value is -2.52. The van der Waals surface area contributed by atoms with Crippen molar-refractivity contribution in [2.24, 2.45) is 5.92 Å². The fourth-order valence-corrected chi connectivity index (χ4v) is 4.96. The van der Waals surface area contributed by atoms with Crippen molar-refractivity contribution in [1.29, 1.82) is 0 Å². The molecule has 1 aliphatic carbocycles. The highest BCUT2D eigenvalue weighted by Gasteiger charge is 2.39. The number of ether oxygens (including phenoxy) is 1. The van der Waals surface area contributed by atoms with Gasteiger partial charge in [0.05, 0.1) is 5.92 Å². The lowest BCUT2D eigenvalue weighted by Gasteiger charge is -2.37. The molecule has 186 valence electrons. The number of phenols is 1. The van der Waals surface area contributed by atoms with Crippen LogP contribution >= 0.6 is 0 Å². The molecule has 1 fully saturated rings. The van der Waals surface area contributed by atoms with Crippen molar-refractivity contribution in [3.8, 4) is 11.5 Å². The zero-order chi connectivity index (χ0) is 24.5. The number of alkyl halides is 3. The summed E-state index contributed by atoms with van der Waals surface area (Å²) in [5.41, 5.74) is 2.83. The van der Waals surface area contributed by atoms with Crippen LogP contribution in [0.1, 0.15) is 32.3 Å². The second kappa shape index (κ2) is 9.62. The van der Waals surface area contributed by atoms with E-state index in [0.717, 1.165) is 39.1 Å². The standard InChI is InChI=1S/C25H32F3N3O3/c1-24(2,9-8-17-6-7-21(32)22(14-17)34-25(26,27)28)31-15-18-4-3-5-19(20(18)16-31)23(33)30-12-10-29-11-13-30/h3-4,6-7,14,19,29,32H,5,8-13,15-16H2,1-2H3. The van der Waals surface area contributed by atoms with Crippen LogP contribution in [-0.2, 0) is 11.2 Å². The summed E-state index contributed by atoms with van der Waals surface area (Å²) in [6.45, 7) is 8.84. The first kappa shape index (κ1) is 24.6. The Morgan fingerprint density at radius 1 is 1.21 bits per heavy atom. The van der Waals surface area contributed by atoms with Crippen LogP contribution in [0, 0.1) is 5.92 Å². The topological polar surface area (TPSA) is 65.0 Å². The Labute approximate surface area is 198 Å². The first-order valence-electron chi connectivity index (χ1n) is 11.7. The van der Waals surface area contributed by atoms with Crippen molar-refractivity contribution >= 4 is 5.91 Å². The monoisotopic (exact) mass is 479 g/mol. The molecule has 1 unspecified atom stereocenters. The lowest BCUT2D eigenvalue weighted by molar-refractivity contribution is -0.275. The molecule has 1 amide bonds. The van der Waals surface area contributed by atoms with E-state index in [9.17, 15) is 23.1 Å². The number of amides is 1. The van der Waals surface area contributed by atoms with Gasteiger partial charge < -0.3 is 20.1 Å². The van der Waals surface area contributed by atoms with Crippen molar-refractivity contribution in [2.75, 3.05) is 39.3 Å². The van der Waals surface area contributed by atoms with Gasteiger partial charge >= 0.3 is 6.36 Å². The average molecular weight is 480 g/mol. The maximum absolute atomic E-state index is 13.2. The van der Waals surface area contributed by atoms with E-state index in [0.29, 0.717) is 24.9 Å². The third kappa shape index (κ3) is 5.58. The molecule has 2 heterocycles. The van der Waals surface area contributed by atoms with Gasteiger partial charge in [-0.3, -0.25) is 9.69 Å². The number of aryl methyl sites for hydroxylation is 1. The lowest BCUT2D eigenvalue weighted by atomic mass is 9.87.